The standard InChI is InChI=1S/C30H34N2O5/c1-6-35-28-17-24(12-13-27(28)37-19-23-10-8-21(4)9-11-23)16-25-22(5)26(18-31)30(34)32(29(25)33)14-7-15-36-20(2)3/h8-13,16-17,20H,6-7,14-15,19H2,1-5H3/b25-16+. The lowest BCUT2D eigenvalue weighted by atomic mass is 9.93. The van der Waals surface area contributed by atoms with E-state index in [1.165, 1.54) is 5.56 Å². The number of ether oxygens (including phenoxy) is 3. The molecule has 0 aliphatic carbocycles. The number of hydrogen-bond donors (Lipinski definition) is 0. The molecule has 1 aliphatic heterocycles. The molecule has 0 unspecified atom stereocenters. The van der Waals surface area contributed by atoms with E-state index in [2.05, 4.69) is 0 Å². The maximum absolute atomic E-state index is 13.3. The van der Waals surface area contributed by atoms with Crippen LogP contribution in [0.4, 0.5) is 0 Å². The zero-order valence-corrected chi connectivity index (χ0v) is 22.2. The molecule has 0 atom stereocenters. The highest BCUT2D eigenvalue weighted by Gasteiger charge is 2.35. The average Bonchev–Trinajstić information content (AvgIpc) is 2.87. The van der Waals surface area contributed by atoms with Gasteiger partial charge in [0.2, 0.25) is 0 Å². The zero-order chi connectivity index (χ0) is 26.9. The number of benzene rings is 2. The summed E-state index contributed by atoms with van der Waals surface area (Å²) in [5.41, 5.74) is 3.56. The van der Waals surface area contributed by atoms with Crippen LogP contribution in [0.1, 0.15) is 50.8 Å². The van der Waals surface area contributed by atoms with Crippen molar-refractivity contribution in [1.82, 2.24) is 4.90 Å². The normalized spacial score (nSPS) is 14.9. The van der Waals surface area contributed by atoms with Crippen molar-refractivity contribution < 1.29 is 23.8 Å². The second-order valence-corrected chi connectivity index (χ2v) is 9.12. The maximum Gasteiger partial charge on any atom is 0.271 e. The largest absolute Gasteiger partial charge is 0.490 e. The van der Waals surface area contributed by atoms with Gasteiger partial charge >= 0.3 is 0 Å². The molecule has 3 rings (SSSR count). The topological polar surface area (TPSA) is 88.9 Å². The molecular formula is C30H34N2O5. The third-order valence-corrected chi connectivity index (χ3v) is 5.90. The van der Waals surface area contributed by atoms with Gasteiger partial charge < -0.3 is 14.2 Å². The molecule has 2 aromatic rings. The van der Waals surface area contributed by atoms with E-state index >= 15 is 0 Å². The molecular weight excluding hydrogens is 468 g/mol. The van der Waals surface area contributed by atoms with Crippen LogP contribution >= 0.6 is 0 Å². The number of carbonyl (C=O) groups is 2. The Morgan fingerprint density at radius 3 is 2.38 bits per heavy atom. The quantitative estimate of drug-likeness (QED) is 0.233. The van der Waals surface area contributed by atoms with Gasteiger partial charge in [0.05, 0.1) is 12.7 Å². The minimum atomic E-state index is -0.568. The number of nitrogens with zero attached hydrogens (tertiary/aromatic N) is 2. The summed E-state index contributed by atoms with van der Waals surface area (Å²) in [7, 11) is 0. The summed E-state index contributed by atoms with van der Waals surface area (Å²) in [6, 6.07) is 15.5. The number of imide groups is 1. The van der Waals surface area contributed by atoms with Crippen LogP contribution < -0.4 is 9.47 Å². The van der Waals surface area contributed by atoms with Crippen molar-refractivity contribution in [2.45, 2.75) is 53.8 Å². The van der Waals surface area contributed by atoms with Crippen LogP contribution in [0, 0.1) is 18.3 Å². The van der Waals surface area contributed by atoms with Crippen molar-refractivity contribution in [3.05, 3.63) is 75.9 Å². The van der Waals surface area contributed by atoms with Crippen LogP contribution in [-0.2, 0) is 20.9 Å². The van der Waals surface area contributed by atoms with Crippen molar-refractivity contribution in [3.8, 4) is 17.6 Å². The van der Waals surface area contributed by atoms with Crippen molar-refractivity contribution in [1.29, 1.82) is 5.26 Å². The molecule has 1 aliphatic rings. The van der Waals surface area contributed by atoms with E-state index < -0.39 is 11.8 Å². The molecule has 0 saturated heterocycles. The van der Waals surface area contributed by atoms with Gasteiger partial charge in [-0.3, -0.25) is 14.5 Å². The number of hydrogen-bond acceptors (Lipinski definition) is 6. The van der Waals surface area contributed by atoms with Crippen LogP contribution in [0.5, 0.6) is 11.5 Å². The van der Waals surface area contributed by atoms with Gasteiger partial charge in [0, 0.05) is 18.7 Å². The van der Waals surface area contributed by atoms with Crippen LogP contribution in [-0.4, -0.2) is 42.6 Å². The van der Waals surface area contributed by atoms with E-state index in [1.807, 2.05) is 64.1 Å². The molecule has 0 saturated carbocycles. The van der Waals surface area contributed by atoms with Gasteiger partial charge in [-0.05, 0) is 75.9 Å². The number of amides is 2. The second-order valence-electron chi connectivity index (χ2n) is 9.12. The molecule has 0 N–H and O–H groups in total. The van der Waals surface area contributed by atoms with Gasteiger partial charge in [-0.15, -0.1) is 0 Å². The van der Waals surface area contributed by atoms with Crippen LogP contribution in [0.15, 0.2) is 59.2 Å². The third-order valence-electron chi connectivity index (χ3n) is 5.90. The maximum atomic E-state index is 13.3. The van der Waals surface area contributed by atoms with Gasteiger partial charge in [0.1, 0.15) is 18.2 Å². The molecule has 2 aromatic carbocycles. The molecule has 0 aromatic heterocycles. The van der Waals surface area contributed by atoms with Crippen molar-refractivity contribution >= 4 is 17.9 Å². The van der Waals surface area contributed by atoms with Crippen molar-refractivity contribution in [2.75, 3.05) is 19.8 Å². The summed E-state index contributed by atoms with van der Waals surface area (Å²) in [6.45, 7) is 10.8. The lowest BCUT2D eigenvalue weighted by molar-refractivity contribution is -0.140. The predicted molar refractivity (Wildman–Crippen MR) is 142 cm³/mol. The summed E-state index contributed by atoms with van der Waals surface area (Å²) in [5.74, 6) is 0.143. The van der Waals surface area contributed by atoms with E-state index in [1.54, 1.807) is 25.1 Å². The third kappa shape index (κ3) is 7.08. The summed E-state index contributed by atoms with van der Waals surface area (Å²) in [6.07, 6.45) is 2.23. The van der Waals surface area contributed by atoms with E-state index in [0.29, 0.717) is 54.5 Å². The van der Waals surface area contributed by atoms with E-state index in [9.17, 15) is 14.9 Å². The zero-order valence-electron chi connectivity index (χ0n) is 22.2. The first-order valence-electron chi connectivity index (χ1n) is 12.5. The van der Waals surface area contributed by atoms with E-state index in [-0.39, 0.29) is 18.2 Å². The van der Waals surface area contributed by atoms with E-state index in [4.69, 9.17) is 14.2 Å². The summed E-state index contributed by atoms with van der Waals surface area (Å²) in [5, 5.41) is 9.63. The Labute approximate surface area is 218 Å². The number of aryl methyl sites for hydroxylation is 1. The first-order valence-corrected chi connectivity index (χ1v) is 12.5. The molecule has 7 nitrogen and oxygen atoms in total. The molecule has 1 heterocycles. The minimum absolute atomic E-state index is 0.0290. The van der Waals surface area contributed by atoms with Gasteiger partial charge in [-0.2, -0.15) is 5.26 Å². The van der Waals surface area contributed by atoms with Gasteiger partial charge in [-0.1, -0.05) is 35.9 Å². The SMILES string of the molecule is CCOc1cc(/C=C2/C(=O)N(CCCOC(C)C)C(=O)C(C#N)=C2C)ccc1OCc1ccc(C)cc1. The lowest BCUT2D eigenvalue weighted by Crippen LogP contribution is -2.43. The van der Waals surface area contributed by atoms with Crippen LogP contribution in [0.25, 0.3) is 6.08 Å². The van der Waals surface area contributed by atoms with Crippen LogP contribution in [0.3, 0.4) is 0 Å². The number of rotatable bonds is 11. The van der Waals surface area contributed by atoms with E-state index in [0.717, 1.165) is 10.5 Å². The molecule has 194 valence electrons. The monoisotopic (exact) mass is 502 g/mol. The first-order chi connectivity index (χ1) is 17.7. The second kappa shape index (κ2) is 12.9. The first kappa shape index (κ1) is 27.7. The highest BCUT2D eigenvalue weighted by Crippen LogP contribution is 2.32. The minimum Gasteiger partial charge on any atom is -0.490 e. The molecule has 0 radical (unpaired) electrons. The fourth-order valence-corrected chi connectivity index (χ4v) is 3.89. The number of carbonyl (C=O) groups excluding carboxylic acids is 2. The fourth-order valence-electron chi connectivity index (χ4n) is 3.89. The molecule has 0 bridgehead atoms. The smallest absolute Gasteiger partial charge is 0.271 e. The van der Waals surface area contributed by atoms with Crippen molar-refractivity contribution in [3.63, 3.8) is 0 Å². The summed E-state index contributed by atoms with van der Waals surface area (Å²) in [4.78, 5) is 27.2. The van der Waals surface area contributed by atoms with Gasteiger partial charge in [0.15, 0.2) is 11.5 Å². The Morgan fingerprint density at radius 1 is 1.00 bits per heavy atom. The molecule has 2 amide bonds. The number of nitriles is 1. The fraction of sp³-hybridized carbons (Fsp3) is 0.367. The summed E-state index contributed by atoms with van der Waals surface area (Å²) >= 11 is 0. The Kier molecular flexibility index (Phi) is 9.64. The Hall–Kier alpha value is -3.89. The average molecular weight is 503 g/mol. The van der Waals surface area contributed by atoms with Crippen molar-refractivity contribution in [2.24, 2.45) is 0 Å². The molecule has 0 fully saturated rings. The molecule has 37 heavy (non-hydrogen) atoms. The Balaban J connectivity index is 1.86. The lowest BCUT2D eigenvalue weighted by Gasteiger charge is -2.27. The van der Waals surface area contributed by atoms with Gasteiger partial charge in [0.25, 0.3) is 11.8 Å². The highest BCUT2D eigenvalue weighted by atomic mass is 16.5. The molecule has 0 spiro atoms. The van der Waals surface area contributed by atoms with Gasteiger partial charge in [-0.25, -0.2) is 0 Å². The van der Waals surface area contributed by atoms with Crippen LogP contribution in [0.2, 0.25) is 0 Å². The molecule has 7 heteroatoms. The summed E-state index contributed by atoms with van der Waals surface area (Å²) < 4.78 is 17.4. The predicted octanol–water partition coefficient (Wildman–Crippen LogP) is 5.38. The highest BCUT2D eigenvalue weighted by molar-refractivity contribution is 6.19. The Bertz CT molecular complexity index is 1240. The Morgan fingerprint density at radius 2 is 1.73 bits per heavy atom.